The third-order valence-electron chi connectivity index (χ3n) is 6.20. The maximum atomic E-state index is 14.1. The highest BCUT2D eigenvalue weighted by Gasteiger charge is 2.34. The Bertz CT molecular complexity index is 1470. The van der Waals surface area contributed by atoms with Crippen molar-refractivity contribution in [1.29, 1.82) is 0 Å². The average Bonchev–Trinajstić information content (AvgIpc) is 2.90. The van der Waals surface area contributed by atoms with Crippen molar-refractivity contribution in [3.8, 4) is 0 Å². The molecule has 0 spiro atoms. The third kappa shape index (κ3) is 9.25. The van der Waals surface area contributed by atoms with Crippen LogP contribution in [0.15, 0.2) is 66.7 Å². The number of sulfonamides is 1. The van der Waals surface area contributed by atoms with Gasteiger partial charge in [-0.15, -0.1) is 0 Å². The average molecular weight is 659 g/mol. The minimum atomic E-state index is -4.01. The molecule has 0 bridgehead atoms. The Kier molecular flexibility index (Phi) is 11.8. The van der Waals surface area contributed by atoms with E-state index in [-0.39, 0.29) is 34.6 Å². The van der Waals surface area contributed by atoms with Crippen LogP contribution in [0.4, 0.5) is 5.69 Å². The van der Waals surface area contributed by atoms with Gasteiger partial charge in [-0.3, -0.25) is 13.9 Å². The van der Waals surface area contributed by atoms with Crippen molar-refractivity contribution < 1.29 is 18.0 Å². The highest BCUT2D eigenvalue weighted by atomic mass is 35.5. The number of hydrogen-bond donors (Lipinski definition) is 1. The van der Waals surface area contributed by atoms with E-state index in [9.17, 15) is 18.0 Å². The fraction of sp³-hybridized carbons (Fsp3) is 0.310. The molecule has 0 aliphatic heterocycles. The van der Waals surface area contributed by atoms with Crippen LogP contribution in [0.1, 0.15) is 25.0 Å². The number of nitrogens with zero attached hydrogens (tertiary/aromatic N) is 2. The topological polar surface area (TPSA) is 86.8 Å². The normalized spacial score (nSPS) is 12.2. The van der Waals surface area contributed by atoms with Crippen LogP contribution in [0.5, 0.6) is 0 Å². The lowest BCUT2D eigenvalue weighted by atomic mass is 10.0. The first-order valence-electron chi connectivity index (χ1n) is 12.7. The summed E-state index contributed by atoms with van der Waals surface area (Å²) in [4.78, 5) is 29.1. The molecule has 0 aliphatic rings. The summed E-state index contributed by atoms with van der Waals surface area (Å²) in [6.07, 6.45) is 1.12. The van der Waals surface area contributed by atoms with Crippen LogP contribution in [0.3, 0.4) is 0 Å². The molecule has 41 heavy (non-hydrogen) atoms. The van der Waals surface area contributed by atoms with Gasteiger partial charge in [-0.25, -0.2) is 8.42 Å². The number of amides is 2. The molecule has 3 aromatic rings. The van der Waals surface area contributed by atoms with Crippen molar-refractivity contribution in [3.05, 3.63) is 97.9 Å². The van der Waals surface area contributed by atoms with Crippen LogP contribution in [0, 0.1) is 5.92 Å². The molecule has 0 unspecified atom stereocenters. The molecule has 1 atom stereocenters. The fourth-order valence-corrected chi connectivity index (χ4v) is 5.91. The molecule has 0 heterocycles. The Balaban J connectivity index is 2.12. The van der Waals surface area contributed by atoms with Gasteiger partial charge in [-0.05, 0) is 41.8 Å². The first-order valence-corrected chi connectivity index (χ1v) is 16.1. The molecule has 1 N–H and O–H groups in total. The number of hydrogen-bond acceptors (Lipinski definition) is 4. The summed E-state index contributed by atoms with van der Waals surface area (Å²) in [6, 6.07) is 17.4. The fourth-order valence-electron chi connectivity index (χ4n) is 4.10. The summed E-state index contributed by atoms with van der Waals surface area (Å²) < 4.78 is 26.7. The first kappa shape index (κ1) is 33.0. The van der Waals surface area contributed by atoms with E-state index in [1.165, 1.54) is 23.1 Å². The van der Waals surface area contributed by atoms with Crippen LogP contribution in [0.2, 0.25) is 20.1 Å². The van der Waals surface area contributed by atoms with Crippen molar-refractivity contribution in [2.24, 2.45) is 5.92 Å². The molecule has 0 saturated heterocycles. The lowest BCUT2D eigenvalue weighted by molar-refractivity contribution is -0.140. The lowest BCUT2D eigenvalue weighted by Crippen LogP contribution is -2.53. The highest BCUT2D eigenvalue weighted by molar-refractivity contribution is 7.92. The minimum Gasteiger partial charge on any atom is -0.354 e. The Morgan fingerprint density at radius 2 is 1.51 bits per heavy atom. The third-order valence-corrected chi connectivity index (χ3v) is 8.59. The molecule has 220 valence electrons. The van der Waals surface area contributed by atoms with Crippen LogP contribution >= 0.6 is 46.4 Å². The van der Waals surface area contributed by atoms with Crippen molar-refractivity contribution in [1.82, 2.24) is 10.2 Å². The molecule has 7 nitrogen and oxygen atoms in total. The SMILES string of the molecule is CC(C)CNC(=O)[C@H](Cc1ccccc1)N(Cc1c(Cl)cccc1Cl)C(=O)CN(c1cc(Cl)ccc1Cl)S(C)(=O)=O. The Hall–Kier alpha value is -2.49. The predicted octanol–water partition coefficient (Wildman–Crippen LogP) is 6.48. The van der Waals surface area contributed by atoms with Gasteiger partial charge in [0.15, 0.2) is 0 Å². The zero-order chi connectivity index (χ0) is 30.3. The summed E-state index contributed by atoms with van der Waals surface area (Å²) in [6.45, 7) is 3.50. The van der Waals surface area contributed by atoms with Crippen molar-refractivity contribution in [2.45, 2.75) is 32.9 Å². The van der Waals surface area contributed by atoms with Crippen LogP contribution in [-0.4, -0.2) is 50.5 Å². The lowest BCUT2D eigenvalue weighted by Gasteiger charge is -2.34. The zero-order valence-corrected chi connectivity index (χ0v) is 26.6. The number of benzene rings is 3. The molecule has 3 aromatic carbocycles. The second-order valence-corrected chi connectivity index (χ2v) is 13.5. The van der Waals surface area contributed by atoms with Gasteiger partial charge in [0, 0.05) is 40.1 Å². The monoisotopic (exact) mass is 657 g/mol. The standard InChI is InChI=1S/C29H31Cl4N3O4S/c1-19(2)16-34-29(38)27(14-20-8-5-4-6-9-20)35(17-22-23(31)10-7-11-24(22)32)28(37)18-36(41(3,39)40)26-15-21(30)12-13-25(26)33/h4-13,15,19,27H,14,16-18H2,1-3H3,(H,34,38)/t27-/m0/s1. The van der Waals surface area contributed by atoms with E-state index < -0.39 is 34.4 Å². The molecular formula is C29H31Cl4N3O4S. The predicted molar refractivity (Wildman–Crippen MR) is 167 cm³/mol. The van der Waals surface area contributed by atoms with Gasteiger partial charge in [0.25, 0.3) is 0 Å². The molecule has 0 aliphatic carbocycles. The number of halogens is 4. The van der Waals surface area contributed by atoms with Gasteiger partial charge in [-0.1, -0.05) is 96.6 Å². The summed E-state index contributed by atoms with van der Waals surface area (Å²) >= 11 is 25.4. The van der Waals surface area contributed by atoms with E-state index >= 15 is 0 Å². The van der Waals surface area contributed by atoms with Gasteiger partial charge in [0.05, 0.1) is 17.0 Å². The van der Waals surface area contributed by atoms with Crippen LogP contribution < -0.4 is 9.62 Å². The van der Waals surface area contributed by atoms with Gasteiger partial charge >= 0.3 is 0 Å². The minimum absolute atomic E-state index is 0.0367. The van der Waals surface area contributed by atoms with Gasteiger partial charge in [0.1, 0.15) is 12.6 Å². The van der Waals surface area contributed by atoms with E-state index in [2.05, 4.69) is 5.32 Å². The smallest absolute Gasteiger partial charge is 0.244 e. The largest absolute Gasteiger partial charge is 0.354 e. The molecule has 3 rings (SSSR count). The van der Waals surface area contributed by atoms with E-state index in [0.29, 0.717) is 22.2 Å². The molecule has 0 fully saturated rings. The molecular weight excluding hydrogens is 628 g/mol. The van der Waals surface area contributed by atoms with Crippen molar-refractivity contribution in [3.63, 3.8) is 0 Å². The van der Waals surface area contributed by atoms with E-state index in [1.807, 2.05) is 44.2 Å². The Morgan fingerprint density at radius 3 is 2.10 bits per heavy atom. The summed E-state index contributed by atoms with van der Waals surface area (Å²) in [5, 5.41) is 3.84. The van der Waals surface area contributed by atoms with Gasteiger partial charge in [0.2, 0.25) is 21.8 Å². The number of anilines is 1. The molecule has 0 saturated carbocycles. The Labute approximate surface area is 261 Å². The van der Waals surface area contributed by atoms with Gasteiger partial charge < -0.3 is 10.2 Å². The maximum Gasteiger partial charge on any atom is 0.244 e. The summed E-state index contributed by atoms with van der Waals surface area (Å²) in [5.41, 5.74) is 1.26. The second kappa shape index (κ2) is 14.6. The van der Waals surface area contributed by atoms with Crippen molar-refractivity contribution in [2.75, 3.05) is 23.7 Å². The zero-order valence-electron chi connectivity index (χ0n) is 22.8. The van der Waals surface area contributed by atoms with E-state index in [4.69, 9.17) is 46.4 Å². The molecule has 12 heteroatoms. The summed E-state index contributed by atoms with van der Waals surface area (Å²) in [7, 11) is -4.01. The number of carbonyl (C=O) groups is 2. The number of nitrogens with one attached hydrogen (secondary N) is 1. The Morgan fingerprint density at radius 1 is 0.878 bits per heavy atom. The quantitative estimate of drug-likeness (QED) is 0.241. The van der Waals surface area contributed by atoms with Crippen LogP contribution in [-0.2, 0) is 32.6 Å². The molecule has 0 radical (unpaired) electrons. The van der Waals surface area contributed by atoms with Crippen molar-refractivity contribution >= 4 is 73.9 Å². The van der Waals surface area contributed by atoms with Crippen LogP contribution in [0.25, 0.3) is 0 Å². The summed E-state index contributed by atoms with van der Waals surface area (Å²) in [5.74, 6) is -0.905. The first-order chi connectivity index (χ1) is 19.3. The second-order valence-electron chi connectivity index (χ2n) is 9.93. The van der Waals surface area contributed by atoms with Gasteiger partial charge in [-0.2, -0.15) is 0 Å². The molecule has 2 amide bonds. The maximum absolute atomic E-state index is 14.1. The number of rotatable bonds is 12. The number of carbonyl (C=O) groups excluding carboxylic acids is 2. The van der Waals surface area contributed by atoms with E-state index in [1.54, 1.807) is 18.2 Å². The molecule has 0 aromatic heterocycles. The highest BCUT2D eigenvalue weighted by Crippen LogP contribution is 2.32. The van der Waals surface area contributed by atoms with E-state index in [0.717, 1.165) is 16.1 Å².